The number of nitrogens with zero attached hydrogens (tertiary/aromatic N) is 2. The van der Waals surface area contributed by atoms with Crippen molar-refractivity contribution in [2.45, 2.75) is 69.8 Å². The Balaban J connectivity index is 2.11. The van der Waals surface area contributed by atoms with E-state index in [9.17, 15) is 29.1 Å². The molecule has 2 aliphatic heterocycles. The fourth-order valence-electron chi connectivity index (χ4n) is 3.99. The Kier molecular flexibility index (Phi) is 8.34. The topological polar surface area (TPSA) is 177 Å². The summed E-state index contributed by atoms with van der Waals surface area (Å²) in [5.74, 6) is -3.64. The predicted octanol–water partition coefficient (Wildman–Crippen LogP) is -2.58. The van der Waals surface area contributed by atoms with Crippen LogP contribution in [0.25, 0.3) is 0 Å². The van der Waals surface area contributed by atoms with Crippen molar-refractivity contribution in [1.82, 2.24) is 20.4 Å². The number of aliphatic hydroxyl groups excluding tert-OH is 2. The Bertz CT molecular complexity index is 728. The summed E-state index contributed by atoms with van der Waals surface area (Å²) < 4.78 is 0. The van der Waals surface area contributed by atoms with Crippen molar-refractivity contribution in [2.24, 2.45) is 0 Å². The molecule has 31 heavy (non-hydrogen) atoms. The van der Waals surface area contributed by atoms with E-state index in [0.29, 0.717) is 25.8 Å². The summed E-state index contributed by atoms with van der Waals surface area (Å²) in [4.78, 5) is 63.7. The molecule has 2 fully saturated rings. The number of carboxylic acid groups (broad SMARTS) is 1. The number of carbonyl (C=O) groups excluding carboxylic acids is 4. The van der Waals surface area contributed by atoms with Gasteiger partial charge in [0, 0.05) is 20.0 Å². The Morgan fingerprint density at radius 3 is 1.97 bits per heavy atom. The third-order valence-corrected chi connectivity index (χ3v) is 5.64. The van der Waals surface area contributed by atoms with Crippen LogP contribution in [0.1, 0.15) is 39.5 Å². The van der Waals surface area contributed by atoms with Crippen LogP contribution in [0.15, 0.2) is 0 Å². The molecule has 2 heterocycles. The molecule has 0 aromatic carbocycles. The van der Waals surface area contributed by atoms with E-state index in [1.807, 2.05) is 0 Å². The molecule has 0 unspecified atom stereocenters. The number of hydrogen-bond acceptors (Lipinski definition) is 7. The largest absolute Gasteiger partial charge is 0.480 e. The zero-order valence-corrected chi connectivity index (χ0v) is 17.6. The van der Waals surface area contributed by atoms with Crippen LogP contribution in [0.2, 0.25) is 0 Å². The van der Waals surface area contributed by atoms with Gasteiger partial charge < -0.3 is 35.8 Å². The third kappa shape index (κ3) is 5.70. The third-order valence-electron chi connectivity index (χ3n) is 5.64. The molecule has 0 aliphatic carbocycles. The van der Waals surface area contributed by atoms with Gasteiger partial charge in [-0.25, -0.2) is 4.79 Å². The highest BCUT2D eigenvalue weighted by atomic mass is 16.4. The number of hydrogen-bond donors (Lipinski definition) is 5. The Morgan fingerprint density at radius 2 is 1.48 bits per heavy atom. The number of likely N-dealkylation sites (tertiary alicyclic amines) is 2. The van der Waals surface area contributed by atoms with Gasteiger partial charge in [0.05, 0.1) is 12.7 Å². The first-order valence-corrected chi connectivity index (χ1v) is 10.3. The molecule has 5 N–H and O–H groups in total. The number of carboxylic acids is 1. The molecule has 5 atom stereocenters. The van der Waals surface area contributed by atoms with E-state index in [2.05, 4.69) is 10.6 Å². The molecule has 12 nitrogen and oxygen atoms in total. The maximum Gasteiger partial charge on any atom is 0.328 e. The summed E-state index contributed by atoms with van der Waals surface area (Å²) in [6.45, 7) is 2.51. The molecule has 12 heteroatoms. The average molecular weight is 442 g/mol. The number of amides is 4. The van der Waals surface area contributed by atoms with Crippen LogP contribution in [0.4, 0.5) is 0 Å². The highest BCUT2D eigenvalue weighted by Gasteiger charge is 2.41. The summed E-state index contributed by atoms with van der Waals surface area (Å²) in [5.41, 5.74) is 0. The van der Waals surface area contributed by atoms with Gasteiger partial charge in [-0.3, -0.25) is 19.2 Å². The molecule has 174 valence electrons. The predicted molar refractivity (Wildman–Crippen MR) is 105 cm³/mol. The van der Waals surface area contributed by atoms with E-state index in [0.717, 1.165) is 0 Å². The van der Waals surface area contributed by atoms with Crippen molar-refractivity contribution >= 4 is 29.6 Å². The molecular formula is C19H30N4O8. The summed E-state index contributed by atoms with van der Waals surface area (Å²) in [7, 11) is 0. The van der Waals surface area contributed by atoms with Crippen molar-refractivity contribution in [3.05, 3.63) is 0 Å². The van der Waals surface area contributed by atoms with E-state index in [-0.39, 0.29) is 18.9 Å². The van der Waals surface area contributed by atoms with E-state index < -0.39 is 60.6 Å². The fourth-order valence-corrected chi connectivity index (χ4v) is 3.99. The van der Waals surface area contributed by atoms with Crippen LogP contribution >= 0.6 is 0 Å². The molecule has 0 radical (unpaired) electrons. The summed E-state index contributed by atoms with van der Waals surface area (Å²) in [6, 6.07) is -4.55. The molecule has 0 spiro atoms. The number of carbonyl (C=O) groups is 5. The minimum atomic E-state index is -1.50. The molecule has 0 aromatic rings. The maximum atomic E-state index is 13.1. The first-order valence-electron chi connectivity index (χ1n) is 10.3. The van der Waals surface area contributed by atoms with E-state index >= 15 is 0 Å². The van der Waals surface area contributed by atoms with Crippen molar-refractivity contribution in [1.29, 1.82) is 0 Å². The summed E-state index contributed by atoms with van der Waals surface area (Å²) >= 11 is 0. The van der Waals surface area contributed by atoms with Gasteiger partial charge in [-0.1, -0.05) is 0 Å². The zero-order chi connectivity index (χ0) is 23.3. The van der Waals surface area contributed by atoms with Gasteiger partial charge in [0.25, 0.3) is 0 Å². The maximum absolute atomic E-state index is 13.1. The van der Waals surface area contributed by atoms with E-state index in [1.54, 1.807) is 0 Å². The number of nitrogens with one attached hydrogen (secondary N) is 2. The van der Waals surface area contributed by atoms with E-state index in [1.165, 1.54) is 23.6 Å². The number of aliphatic carboxylic acids is 1. The van der Waals surface area contributed by atoms with Gasteiger partial charge in [0.1, 0.15) is 24.2 Å². The van der Waals surface area contributed by atoms with Gasteiger partial charge in [-0.2, -0.15) is 0 Å². The monoisotopic (exact) mass is 442 g/mol. The molecule has 0 saturated carbocycles. The second-order valence-corrected chi connectivity index (χ2v) is 7.87. The minimum Gasteiger partial charge on any atom is -0.480 e. The summed E-state index contributed by atoms with van der Waals surface area (Å²) in [5, 5.41) is 32.9. The standard InChI is InChI=1S/C19H30N4O8/c1-10(25)15(21-17(28)13-5-3-7-22(13)11(2)26)18(29)23-8-4-6-14(23)16(27)20-12(9-24)19(30)31/h10,12-15,24-25H,3-9H2,1-2H3,(H,20,27)(H,21,28)(H,30,31)/t10-,12+,13-,14-,15+/m1/s1. The van der Waals surface area contributed by atoms with Crippen molar-refractivity contribution < 1.29 is 39.3 Å². The molecular weight excluding hydrogens is 412 g/mol. The van der Waals surface area contributed by atoms with Crippen LogP contribution in [0.5, 0.6) is 0 Å². The second kappa shape index (κ2) is 10.5. The lowest BCUT2D eigenvalue weighted by atomic mass is 10.1. The molecule has 2 aliphatic rings. The molecule has 2 saturated heterocycles. The zero-order valence-electron chi connectivity index (χ0n) is 17.6. The minimum absolute atomic E-state index is 0.190. The molecule has 0 aromatic heterocycles. The van der Waals surface area contributed by atoms with Gasteiger partial charge in [-0.15, -0.1) is 0 Å². The number of rotatable bonds is 8. The SMILES string of the molecule is CC(=O)N1CCC[C@@H]1C(=O)N[C@H](C(=O)N1CCC[C@@H]1C(=O)N[C@@H](CO)C(=O)O)[C@@H](C)O. The highest BCUT2D eigenvalue weighted by Crippen LogP contribution is 2.21. The fraction of sp³-hybridized carbons (Fsp3) is 0.737. The van der Waals surface area contributed by atoms with Crippen LogP contribution in [-0.4, -0.2) is 105 Å². The smallest absolute Gasteiger partial charge is 0.328 e. The lowest BCUT2D eigenvalue weighted by Gasteiger charge is -2.31. The Labute approximate surface area is 179 Å². The Morgan fingerprint density at radius 1 is 0.968 bits per heavy atom. The first-order chi connectivity index (χ1) is 14.6. The quantitative estimate of drug-likeness (QED) is 0.272. The van der Waals surface area contributed by atoms with Gasteiger partial charge in [0.15, 0.2) is 0 Å². The summed E-state index contributed by atoms with van der Waals surface area (Å²) in [6.07, 6.45) is 0.573. The lowest BCUT2D eigenvalue weighted by Crippen LogP contribution is -2.60. The Hall–Kier alpha value is -2.73. The van der Waals surface area contributed by atoms with Crippen molar-refractivity contribution in [3.8, 4) is 0 Å². The lowest BCUT2D eigenvalue weighted by molar-refractivity contribution is -0.147. The van der Waals surface area contributed by atoms with Crippen molar-refractivity contribution in [2.75, 3.05) is 19.7 Å². The van der Waals surface area contributed by atoms with Crippen LogP contribution in [0.3, 0.4) is 0 Å². The average Bonchev–Trinajstić information content (AvgIpc) is 3.38. The van der Waals surface area contributed by atoms with Gasteiger partial charge in [-0.05, 0) is 32.6 Å². The second-order valence-electron chi connectivity index (χ2n) is 7.87. The number of aliphatic hydroxyl groups is 2. The van der Waals surface area contributed by atoms with Crippen LogP contribution < -0.4 is 10.6 Å². The van der Waals surface area contributed by atoms with Crippen molar-refractivity contribution in [3.63, 3.8) is 0 Å². The van der Waals surface area contributed by atoms with Crippen LogP contribution in [0, 0.1) is 0 Å². The molecule has 4 amide bonds. The normalized spacial score (nSPS) is 23.7. The molecule has 2 rings (SSSR count). The van der Waals surface area contributed by atoms with Gasteiger partial charge in [0.2, 0.25) is 23.6 Å². The van der Waals surface area contributed by atoms with Crippen LogP contribution in [-0.2, 0) is 24.0 Å². The first kappa shape index (κ1) is 24.5. The molecule has 0 bridgehead atoms. The van der Waals surface area contributed by atoms with E-state index in [4.69, 9.17) is 10.2 Å². The van der Waals surface area contributed by atoms with Gasteiger partial charge >= 0.3 is 5.97 Å². The highest BCUT2D eigenvalue weighted by molar-refractivity contribution is 5.95.